The Morgan fingerprint density at radius 1 is 1.13 bits per heavy atom. The van der Waals surface area contributed by atoms with Crippen LogP contribution in [0.2, 0.25) is 0 Å². The molecule has 1 atom stereocenters. The number of nitro benzene ring substituents is 1. The molecule has 1 aliphatic heterocycles. The van der Waals surface area contributed by atoms with Gasteiger partial charge in [0, 0.05) is 24.9 Å². The summed E-state index contributed by atoms with van der Waals surface area (Å²) < 4.78 is 0. The van der Waals surface area contributed by atoms with Crippen LogP contribution in [-0.2, 0) is 15.1 Å². The van der Waals surface area contributed by atoms with Gasteiger partial charge in [-0.2, -0.15) is 0 Å². The predicted molar refractivity (Wildman–Crippen MR) is 110 cm³/mol. The van der Waals surface area contributed by atoms with Crippen LogP contribution in [0.5, 0.6) is 0 Å². The zero-order valence-electron chi connectivity index (χ0n) is 16.7. The van der Waals surface area contributed by atoms with Gasteiger partial charge in [0.15, 0.2) is 0 Å². The van der Waals surface area contributed by atoms with Crippen molar-refractivity contribution < 1.29 is 19.3 Å². The van der Waals surface area contributed by atoms with Crippen LogP contribution in [0.15, 0.2) is 54.6 Å². The molecule has 0 aliphatic carbocycles. The number of hydrogen-bond donors (Lipinski definition) is 1. The van der Waals surface area contributed by atoms with E-state index in [9.17, 15) is 24.5 Å². The van der Waals surface area contributed by atoms with Crippen molar-refractivity contribution in [1.82, 2.24) is 10.2 Å². The molecule has 1 unspecified atom stereocenters. The molecule has 0 radical (unpaired) electrons. The van der Waals surface area contributed by atoms with Gasteiger partial charge in [-0.05, 0) is 24.1 Å². The minimum Gasteiger partial charge on any atom is -0.319 e. The third kappa shape index (κ3) is 3.73. The Morgan fingerprint density at radius 3 is 2.33 bits per heavy atom. The van der Waals surface area contributed by atoms with E-state index in [1.807, 2.05) is 13.0 Å². The lowest BCUT2D eigenvalue weighted by atomic mass is 9.85. The first kappa shape index (κ1) is 21.0. The van der Waals surface area contributed by atoms with E-state index in [1.165, 1.54) is 36.2 Å². The Kier molecular flexibility index (Phi) is 5.81. The summed E-state index contributed by atoms with van der Waals surface area (Å²) in [5.41, 5.74) is -0.204. The number of likely N-dealkylation sites (N-methyl/N-ethyl adjacent to an activating group) is 1. The number of carbonyl (C=O) groups is 3. The Labute approximate surface area is 173 Å². The quantitative estimate of drug-likeness (QED) is 0.428. The second-order valence-electron chi connectivity index (χ2n) is 7.07. The van der Waals surface area contributed by atoms with Crippen LogP contribution in [0.1, 0.15) is 25.3 Å². The highest BCUT2D eigenvalue weighted by Crippen LogP contribution is 2.33. The van der Waals surface area contributed by atoms with E-state index in [4.69, 9.17) is 0 Å². The van der Waals surface area contributed by atoms with Gasteiger partial charge in [0.1, 0.15) is 12.1 Å². The summed E-state index contributed by atoms with van der Waals surface area (Å²) in [5, 5.41) is 13.6. The fraction of sp³-hybridized carbons (Fsp3) is 0.286. The van der Waals surface area contributed by atoms with Gasteiger partial charge in [0.05, 0.1) is 4.92 Å². The lowest BCUT2D eigenvalue weighted by Gasteiger charge is -2.27. The number of rotatable bonds is 7. The summed E-state index contributed by atoms with van der Waals surface area (Å²) in [5.74, 6) is -0.960. The monoisotopic (exact) mass is 410 g/mol. The molecule has 3 rings (SSSR count). The Morgan fingerprint density at radius 2 is 1.77 bits per heavy atom. The number of nitro groups is 1. The molecule has 9 heteroatoms. The van der Waals surface area contributed by atoms with Crippen LogP contribution in [0.3, 0.4) is 0 Å². The van der Waals surface area contributed by atoms with E-state index < -0.39 is 34.9 Å². The number of non-ortho nitro benzene ring substituents is 1. The number of amides is 4. The molecular formula is C21H22N4O5. The van der Waals surface area contributed by atoms with Crippen molar-refractivity contribution in [3.8, 4) is 0 Å². The van der Waals surface area contributed by atoms with Crippen molar-refractivity contribution >= 4 is 29.2 Å². The van der Waals surface area contributed by atoms with E-state index in [0.717, 1.165) is 4.90 Å². The molecule has 30 heavy (non-hydrogen) atoms. The minimum atomic E-state index is -1.20. The number of urea groups is 1. The first-order valence-electron chi connectivity index (χ1n) is 9.51. The van der Waals surface area contributed by atoms with Gasteiger partial charge in [-0.15, -0.1) is 0 Å². The van der Waals surface area contributed by atoms with Gasteiger partial charge in [-0.3, -0.25) is 24.6 Å². The smallest absolute Gasteiger partial charge is 0.319 e. The molecule has 4 amide bonds. The molecular weight excluding hydrogens is 388 g/mol. The standard InChI is InChI=1S/C21H22N4O5/c1-3-13-21(15-7-5-4-6-8-15)19(27)24(20(28)22-21)14-18(26)23(2)16-9-11-17(12-10-16)25(29)30/h4-12H,3,13-14H2,1-2H3,(H,22,28). The SMILES string of the molecule is CCCC1(c2ccccc2)NC(=O)N(CC(=O)N(C)c2ccc([N+](=O)[O-])cc2)C1=O. The second-order valence-corrected chi connectivity index (χ2v) is 7.07. The maximum atomic E-state index is 13.2. The van der Waals surface area contributed by atoms with Crippen molar-refractivity contribution in [2.45, 2.75) is 25.3 Å². The van der Waals surface area contributed by atoms with Crippen molar-refractivity contribution in [1.29, 1.82) is 0 Å². The van der Waals surface area contributed by atoms with Crippen molar-refractivity contribution in [3.63, 3.8) is 0 Å². The van der Waals surface area contributed by atoms with Crippen LogP contribution in [0.4, 0.5) is 16.2 Å². The fourth-order valence-electron chi connectivity index (χ4n) is 3.56. The highest BCUT2D eigenvalue weighted by Gasteiger charge is 2.52. The second kappa shape index (κ2) is 8.32. The molecule has 9 nitrogen and oxygen atoms in total. The molecule has 2 aromatic carbocycles. The van der Waals surface area contributed by atoms with Gasteiger partial charge < -0.3 is 10.2 Å². The van der Waals surface area contributed by atoms with Gasteiger partial charge in [-0.1, -0.05) is 43.7 Å². The highest BCUT2D eigenvalue weighted by atomic mass is 16.6. The molecule has 1 saturated heterocycles. The highest BCUT2D eigenvalue weighted by molar-refractivity contribution is 6.10. The molecule has 1 heterocycles. The number of anilines is 1. The van der Waals surface area contributed by atoms with E-state index in [1.54, 1.807) is 24.3 Å². The maximum Gasteiger partial charge on any atom is 0.325 e. The van der Waals surface area contributed by atoms with E-state index in [2.05, 4.69) is 5.32 Å². The number of imide groups is 1. The van der Waals surface area contributed by atoms with Crippen LogP contribution in [0, 0.1) is 10.1 Å². The topological polar surface area (TPSA) is 113 Å². The number of benzene rings is 2. The number of nitrogens with zero attached hydrogens (tertiary/aromatic N) is 3. The van der Waals surface area contributed by atoms with Crippen molar-refractivity contribution in [2.75, 3.05) is 18.5 Å². The average Bonchev–Trinajstić information content (AvgIpc) is 2.99. The van der Waals surface area contributed by atoms with E-state index in [-0.39, 0.29) is 5.69 Å². The maximum absolute atomic E-state index is 13.2. The Bertz CT molecular complexity index is 977. The molecule has 0 spiro atoms. The normalized spacial score (nSPS) is 18.3. The third-order valence-electron chi connectivity index (χ3n) is 5.18. The summed E-state index contributed by atoms with van der Waals surface area (Å²) in [6.45, 7) is 1.48. The first-order valence-corrected chi connectivity index (χ1v) is 9.51. The minimum absolute atomic E-state index is 0.0964. The predicted octanol–water partition coefficient (Wildman–Crippen LogP) is 2.81. The number of hydrogen-bond acceptors (Lipinski definition) is 5. The van der Waals surface area contributed by atoms with Gasteiger partial charge in [0.2, 0.25) is 5.91 Å². The lowest BCUT2D eigenvalue weighted by Crippen LogP contribution is -2.45. The number of nitrogens with one attached hydrogen (secondary N) is 1. The van der Waals surface area contributed by atoms with Crippen LogP contribution >= 0.6 is 0 Å². The molecule has 1 N–H and O–H groups in total. The summed E-state index contributed by atoms with van der Waals surface area (Å²) in [7, 11) is 1.48. The molecule has 2 aromatic rings. The fourth-order valence-corrected chi connectivity index (χ4v) is 3.56. The summed E-state index contributed by atoms with van der Waals surface area (Å²) in [4.78, 5) is 51.0. The summed E-state index contributed by atoms with van der Waals surface area (Å²) in [6.07, 6.45) is 1.07. The van der Waals surface area contributed by atoms with E-state index >= 15 is 0 Å². The van der Waals surface area contributed by atoms with Gasteiger partial charge in [-0.25, -0.2) is 4.79 Å². The van der Waals surface area contributed by atoms with E-state index in [0.29, 0.717) is 24.1 Å². The average molecular weight is 410 g/mol. The third-order valence-corrected chi connectivity index (χ3v) is 5.18. The zero-order chi connectivity index (χ0) is 21.9. The van der Waals surface area contributed by atoms with Crippen LogP contribution in [-0.4, -0.2) is 41.3 Å². The largest absolute Gasteiger partial charge is 0.325 e. The van der Waals surface area contributed by atoms with Crippen molar-refractivity contribution in [3.05, 3.63) is 70.3 Å². The van der Waals surface area contributed by atoms with Gasteiger partial charge in [0.25, 0.3) is 11.6 Å². The molecule has 1 fully saturated rings. The Balaban J connectivity index is 1.80. The molecule has 156 valence electrons. The molecule has 0 saturated carbocycles. The summed E-state index contributed by atoms with van der Waals surface area (Å²) >= 11 is 0. The van der Waals surface area contributed by atoms with Crippen molar-refractivity contribution in [2.24, 2.45) is 0 Å². The zero-order valence-corrected chi connectivity index (χ0v) is 16.7. The summed E-state index contributed by atoms with van der Waals surface area (Å²) in [6, 6.07) is 13.8. The van der Waals surface area contributed by atoms with Gasteiger partial charge >= 0.3 is 6.03 Å². The lowest BCUT2D eigenvalue weighted by molar-refractivity contribution is -0.384. The van der Waals surface area contributed by atoms with Crippen LogP contribution < -0.4 is 10.2 Å². The molecule has 0 bridgehead atoms. The molecule has 1 aliphatic rings. The Hall–Kier alpha value is -3.75. The molecule has 0 aromatic heterocycles. The van der Waals surface area contributed by atoms with Crippen LogP contribution in [0.25, 0.3) is 0 Å². The number of carbonyl (C=O) groups excluding carboxylic acids is 3. The first-order chi connectivity index (χ1) is 14.3.